The second-order valence-corrected chi connectivity index (χ2v) is 5.53. The largest absolute Gasteiger partial charge is 0.343 e. The van der Waals surface area contributed by atoms with Crippen molar-refractivity contribution in [1.29, 1.82) is 0 Å². The third kappa shape index (κ3) is 2.09. The predicted octanol–water partition coefficient (Wildman–Crippen LogP) is 0.291. The molecular weight excluding hydrogens is 202 g/mol. The van der Waals surface area contributed by atoms with Crippen molar-refractivity contribution < 1.29 is 4.79 Å². The van der Waals surface area contributed by atoms with E-state index in [1.54, 1.807) is 0 Å². The lowest BCUT2D eigenvalue weighted by Crippen LogP contribution is -2.63. The molecule has 16 heavy (non-hydrogen) atoms. The van der Waals surface area contributed by atoms with Crippen LogP contribution >= 0.6 is 0 Å². The molecule has 2 rings (SSSR count). The molecule has 0 bridgehead atoms. The molecule has 2 fully saturated rings. The van der Waals surface area contributed by atoms with E-state index >= 15 is 0 Å². The summed E-state index contributed by atoms with van der Waals surface area (Å²) in [5, 5.41) is 3.50. The van der Waals surface area contributed by atoms with Crippen LogP contribution in [0.5, 0.6) is 0 Å². The van der Waals surface area contributed by atoms with Crippen molar-refractivity contribution in [3.8, 4) is 0 Å². The lowest BCUT2D eigenvalue weighted by atomic mass is 9.97. The van der Waals surface area contributed by atoms with E-state index in [0.717, 1.165) is 26.2 Å². The summed E-state index contributed by atoms with van der Waals surface area (Å²) < 4.78 is 0. The molecule has 1 amide bonds. The van der Waals surface area contributed by atoms with Crippen LogP contribution in [0.4, 0.5) is 0 Å². The molecular formula is C12H23N3O. The van der Waals surface area contributed by atoms with Gasteiger partial charge in [-0.2, -0.15) is 0 Å². The van der Waals surface area contributed by atoms with Crippen molar-refractivity contribution in [2.75, 3.05) is 33.2 Å². The Labute approximate surface area is 98.0 Å². The molecule has 2 aliphatic rings. The summed E-state index contributed by atoms with van der Waals surface area (Å²) in [5.41, 5.74) is -0.336. The average Bonchev–Trinajstić information content (AvgIpc) is 2.72. The van der Waals surface area contributed by atoms with Gasteiger partial charge in [0.05, 0.1) is 5.54 Å². The second kappa shape index (κ2) is 4.34. The van der Waals surface area contributed by atoms with Gasteiger partial charge in [0, 0.05) is 32.7 Å². The van der Waals surface area contributed by atoms with Crippen LogP contribution in [-0.4, -0.2) is 60.5 Å². The molecule has 2 saturated heterocycles. The molecule has 0 aliphatic carbocycles. The number of rotatable bonds is 2. The zero-order chi connectivity index (χ0) is 11.8. The first kappa shape index (κ1) is 11.9. The molecule has 0 spiro atoms. The van der Waals surface area contributed by atoms with Gasteiger partial charge in [0.15, 0.2) is 0 Å². The maximum Gasteiger partial charge on any atom is 0.242 e. The fraction of sp³-hybridized carbons (Fsp3) is 0.917. The number of likely N-dealkylation sites (N-methyl/N-ethyl adjacent to an activating group) is 1. The normalized spacial score (nSPS) is 31.1. The highest BCUT2D eigenvalue weighted by Crippen LogP contribution is 2.22. The highest BCUT2D eigenvalue weighted by atomic mass is 16.2. The first-order valence-corrected chi connectivity index (χ1v) is 6.26. The van der Waals surface area contributed by atoms with Crippen LogP contribution in [0.25, 0.3) is 0 Å². The average molecular weight is 225 g/mol. The summed E-state index contributed by atoms with van der Waals surface area (Å²) in [7, 11) is 1.90. The second-order valence-electron chi connectivity index (χ2n) is 5.53. The maximum atomic E-state index is 12.1. The number of piperazine rings is 1. The lowest BCUT2D eigenvalue weighted by molar-refractivity contribution is -0.147. The summed E-state index contributed by atoms with van der Waals surface area (Å²) in [5.74, 6) is 0.247. The number of hydrogen-bond donors (Lipinski definition) is 1. The minimum atomic E-state index is -0.336. The van der Waals surface area contributed by atoms with Gasteiger partial charge in [-0.15, -0.1) is 0 Å². The number of nitrogens with one attached hydrogen (secondary N) is 1. The van der Waals surface area contributed by atoms with E-state index in [-0.39, 0.29) is 11.4 Å². The molecule has 1 N–H and O–H groups in total. The quantitative estimate of drug-likeness (QED) is 0.734. The van der Waals surface area contributed by atoms with Crippen LogP contribution in [-0.2, 0) is 4.79 Å². The van der Waals surface area contributed by atoms with Crippen molar-refractivity contribution in [1.82, 2.24) is 15.1 Å². The number of hydrogen-bond acceptors (Lipinski definition) is 3. The van der Waals surface area contributed by atoms with Gasteiger partial charge in [-0.1, -0.05) is 0 Å². The molecule has 2 aliphatic heterocycles. The Hall–Kier alpha value is -0.610. The van der Waals surface area contributed by atoms with Crippen LogP contribution in [0.1, 0.15) is 26.7 Å². The number of amides is 1. The molecule has 0 radical (unpaired) electrons. The first-order valence-electron chi connectivity index (χ1n) is 6.26. The minimum absolute atomic E-state index is 0.247. The minimum Gasteiger partial charge on any atom is -0.343 e. The monoisotopic (exact) mass is 225 g/mol. The van der Waals surface area contributed by atoms with Gasteiger partial charge >= 0.3 is 0 Å². The van der Waals surface area contributed by atoms with Crippen LogP contribution in [0.2, 0.25) is 0 Å². The van der Waals surface area contributed by atoms with Crippen molar-refractivity contribution in [2.24, 2.45) is 0 Å². The fourth-order valence-corrected chi connectivity index (χ4v) is 2.75. The highest BCUT2D eigenvalue weighted by Gasteiger charge is 2.41. The van der Waals surface area contributed by atoms with E-state index in [1.807, 2.05) is 25.8 Å². The Balaban J connectivity index is 2.00. The Kier molecular flexibility index (Phi) is 3.22. The van der Waals surface area contributed by atoms with Crippen molar-refractivity contribution >= 4 is 5.91 Å². The van der Waals surface area contributed by atoms with Crippen LogP contribution < -0.4 is 5.32 Å². The molecule has 0 aromatic heterocycles. The van der Waals surface area contributed by atoms with E-state index in [0.29, 0.717) is 6.04 Å². The first-order chi connectivity index (χ1) is 7.51. The van der Waals surface area contributed by atoms with Crippen molar-refractivity contribution in [3.05, 3.63) is 0 Å². The van der Waals surface area contributed by atoms with E-state index in [1.165, 1.54) is 12.8 Å². The molecule has 4 nitrogen and oxygen atoms in total. The summed E-state index contributed by atoms with van der Waals surface area (Å²) in [6.45, 7) is 8.07. The summed E-state index contributed by atoms with van der Waals surface area (Å²) in [4.78, 5) is 16.3. The van der Waals surface area contributed by atoms with Crippen LogP contribution in [0, 0.1) is 0 Å². The fourth-order valence-electron chi connectivity index (χ4n) is 2.75. The SMILES string of the molecule is CN1CCN(CC2CCCN2)C(C)(C)C1=O. The van der Waals surface area contributed by atoms with Gasteiger partial charge in [-0.05, 0) is 33.2 Å². The van der Waals surface area contributed by atoms with Gasteiger partial charge in [0.2, 0.25) is 5.91 Å². The number of carbonyl (C=O) groups is 1. The van der Waals surface area contributed by atoms with Gasteiger partial charge in [0.1, 0.15) is 0 Å². The van der Waals surface area contributed by atoms with E-state index in [4.69, 9.17) is 0 Å². The third-order valence-corrected chi connectivity index (χ3v) is 3.97. The summed E-state index contributed by atoms with van der Waals surface area (Å²) in [6, 6.07) is 0.579. The molecule has 1 atom stereocenters. The molecule has 0 aromatic rings. The van der Waals surface area contributed by atoms with Gasteiger partial charge in [-0.3, -0.25) is 9.69 Å². The van der Waals surface area contributed by atoms with Gasteiger partial charge in [0.25, 0.3) is 0 Å². The van der Waals surface area contributed by atoms with E-state index in [2.05, 4.69) is 10.2 Å². The molecule has 92 valence electrons. The number of carbonyl (C=O) groups excluding carboxylic acids is 1. The molecule has 0 saturated carbocycles. The van der Waals surface area contributed by atoms with Gasteiger partial charge in [-0.25, -0.2) is 0 Å². The Morgan fingerprint density at radius 1 is 1.44 bits per heavy atom. The van der Waals surface area contributed by atoms with Crippen LogP contribution in [0.3, 0.4) is 0 Å². The highest BCUT2D eigenvalue weighted by molar-refractivity contribution is 5.86. The maximum absolute atomic E-state index is 12.1. The van der Waals surface area contributed by atoms with Crippen LogP contribution in [0.15, 0.2) is 0 Å². The lowest BCUT2D eigenvalue weighted by Gasteiger charge is -2.45. The Morgan fingerprint density at radius 2 is 2.19 bits per heavy atom. The van der Waals surface area contributed by atoms with E-state index < -0.39 is 0 Å². The molecule has 4 heteroatoms. The summed E-state index contributed by atoms with van der Waals surface area (Å²) in [6.07, 6.45) is 2.52. The smallest absolute Gasteiger partial charge is 0.242 e. The number of nitrogens with zero attached hydrogens (tertiary/aromatic N) is 2. The van der Waals surface area contributed by atoms with Crippen molar-refractivity contribution in [3.63, 3.8) is 0 Å². The molecule has 0 aromatic carbocycles. The topological polar surface area (TPSA) is 35.6 Å². The predicted molar refractivity (Wildman–Crippen MR) is 64.3 cm³/mol. The zero-order valence-corrected chi connectivity index (χ0v) is 10.6. The standard InChI is InChI=1S/C12H23N3O/c1-12(2)11(16)14(3)7-8-15(12)9-10-5-4-6-13-10/h10,13H,4-9H2,1-3H3. The Morgan fingerprint density at radius 3 is 2.81 bits per heavy atom. The Bertz CT molecular complexity index is 271. The molecule has 1 unspecified atom stereocenters. The molecule has 2 heterocycles. The summed E-state index contributed by atoms with van der Waals surface area (Å²) >= 11 is 0. The van der Waals surface area contributed by atoms with Crippen molar-refractivity contribution in [2.45, 2.75) is 38.3 Å². The zero-order valence-electron chi connectivity index (χ0n) is 10.6. The van der Waals surface area contributed by atoms with Gasteiger partial charge < -0.3 is 10.2 Å². The third-order valence-electron chi connectivity index (χ3n) is 3.97. The van der Waals surface area contributed by atoms with E-state index in [9.17, 15) is 4.79 Å².